The molecule has 4 heteroatoms. The average Bonchev–Trinajstić information content (AvgIpc) is 2.41. The number of hydrogen-bond donors (Lipinski definition) is 2. The Balaban J connectivity index is 1.94. The zero-order chi connectivity index (χ0) is 14.5. The molecule has 0 saturated heterocycles. The Morgan fingerprint density at radius 3 is 2.60 bits per heavy atom. The lowest BCUT2D eigenvalue weighted by atomic mass is 10.1. The lowest BCUT2D eigenvalue weighted by molar-refractivity contribution is 0.251. The summed E-state index contributed by atoms with van der Waals surface area (Å²) in [7, 11) is 0. The van der Waals surface area contributed by atoms with Crippen molar-refractivity contribution in [3.63, 3.8) is 0 Å². The Bertz CT molecular complexity index is 626. The number of carbonyl (C=O) groups excluding carboxylic acids is 1. The third-order valence-electron chi connectivity index (χ3n) is 3.03. The predicted octanol–water partition coefficient (Wildman–Crippen LogP) is 4.39. The van der Waals surface area contributed by atoms with Crippen molar-refractivity contribution in [3.8, 4) is 0 Å². The number of carbonyl (C=O) groups is 1. The molecule has 0 aliphatic carbocycles. The molecule has 0 unspecified atom stereocenters. The zero-order valence-electron chi connectivity index (χ0n) is 11.5. The molecule has 0 atom stereocenters. The molecule has 0 radical (unpaired) electrons. The fourth-order valence-electron chi connectivity index (χ4n) is 1.94. The average molecular weight is 333 g/mol. The van der Waals surface area contributed by atoms with E-state index in [9.17, 15) is 4.79 Å². The number of benzene rings is 2. The summed E-state index contributed by atoms with van der Waals surface area (Å²) in [6.45, 7) is 4.50. The number of amides is 2. The van der Waals surface area contributed by atoms with Crippen LogP contribution in [0.5, 0.6) is 0 Å². The molecule has 0 spiro atoms. The highest BCUT2D eigenvalue weighted by atomic mass is 79.9. The van der Waals surface area contributed by atoms with Gasteiger partial charge in [-0.3, -0.25) is 0 Å². The highest BCUT2D eigenvalue weighted by Gasteiger charge is 2.05. The second-order valence-electron chi connectivity index (χ2n) is 4.72. The minimum atomic E-state index is -0.201. The first kappa shape index (κ1) is 14.6. The number of hydrogen-bond acceptors (Lipinski definition) is 1. The Kier molecular flexibility index (Phi) is 4.79. The van der Waals surface area contributed by atoms with Crippen LogP contribution in [-0.4, -0.2) is 6.03 Å². The molecular formula is C16H17BrN2O. The Morgan fingerprint density at radius 2 is 1.90 bits per heavy atom. The molecule has 0 bridgehead atoms. The molecule has 0 fully saturated rings. The molecular weight excluding hydrogens is 316 g/mol. The Hall–Kier alpha value is -1.81. The largest absolute Gasteiger partial charge is 0.334 e. The van der Waals surface area contributed by atoms with E-state index < -0.39 is 0 Å². The number of anilines is 1. The maximum atomic E-state index is 11.9. The molecule has 2 amide bonds. The van der Waals surface area contributed by atoms with E-state index in [1.165, 1.54) is 5.56 Å². The summed E-state index contributed by atoms with van der Waals surface area (Å²) in [5, 5.41) is 5.71. The fourth-order valence-corrected chi connectivity index (χ4v) is 2.36. The molecule has 2 N–H and O–H groups in total. The third kappa shape index (κ3) is 3.84. The van der Waals surface area contributed by atoms with Crippen molar-refractivity contribution < 1.29 is 4.79 Å². The summed E-state index contributed by atoms with van der Waals surface area (Å²) < 4.78 is 0.992. The number of halogens is 1. The highest BCUT2D eigenvalue weighted by molar-refractivity contribution is 9.10. The maximum Gasteiger partial charge on any atom is 0.319 e. The van der Waals surface area contributed by atoms with Crippen molar-refractivity contribution in [1.29, 1.82) is 0 Å². The molecule has 0 saturated carbocycles. The SMILES string of the molecule is Cc1ccc(NC(=O)NCc2ccccc2Br)c(C)c1. The molecule has 2 rings (SSSR count). The van der Waals surface area contributed by atoms with Crippen LogP contribution in [0.2, 0.25) is 0 Å². The molecule has 104 valence electrons. The van der Waals surface area contributed by atoms with Crippen LogP contribution in [0.25, 0.3) is 0 Å². The van der Waals surface area contributed by atoms with E-state index in [-0.39, 0.29) is 6.03 Å². The van der Waals surface area contributed by atoms with Gasteiger partial charge < -0.3 is 10.6 Å². The van der Waals surface area contributed by atoms with E-state index in [1.54, 1.807) is 0 Å². The number of urea groups is 1. The van der Waals surface area contributed by atoms with Crippen molar-refractivity contribution in [2.45, 2.75) is 20.4 Å². The van der Waals surface area contributed by atoms with Gasteiger partial charge in [-0.25, -0.2) is 4.79 Å². The standard InChI is InChI=1S/C16H17BrN2O/c1-11-7-8-15(12(2)9-11)19-16(20)18-10-13-5-3-4-6-14(13)17/h3-9H,10H2,1-2H3,(H2,18,19,20). The van der Waals surface area contributed by atoms with E-state index in [0.29, 0.717) is 6.54 Å². The molecule has 3 nitrogen and oxygen atoms in total. The van der Waals surface area contributed by atoms with Crippen LogP contribution in [0, 0.1) is 13.8 Å². The second kappa shape index (κ2) is 6.57. The minimum absolute atomic E-state index is 0.201. The molecule has 0 heterocycles. The van der Waals surface area contributed by atoms with Gasteiger partial charge in [-0.15, -0.1) is 0 Å². The van der Waals surface area contributed by atoms with Crippen LogP contribution >= 0.6 is 15.9 Å². The van der Waals surface area contributed by atoms with Gasteiger partial charge >= 0.3 is 6.03 Å². The predicted molar refractivity (Wildman–Crippen MR) is 85.9 cm³/mol. The van der Waals surface area contributed by atoms with Gasteiger partial charge in [0.05, 0.1) is 0 Å². The topological polar surface area (TPSA) is 41.1 Å². The van der Waals surface area contributed by atoms with Crippen molar-refractivity contribution in [2.75, 3.05) is 5.32 Å². The first-order valence-electron chi connectivity index (χ1n) is 6.42. The first-order valence-corrected chi connectivity index (χ1v) is 7.21. The van der Waals surface area contributed by atoms with Gasteiger partial charge in [0.2, 0.25) is 0 Å². The highest BCUT2D eigenvalue weighted by Crippen LogP contribution is 2.17. The van der Waals surface area contributed by atoms with E-state index in [2.05, 4.69) is 26.6 Å². The molecule has 0 aliphatic heterocycles. The number of aryl methyl sites for hydroxylation is 2. The van der Waals surface area contributed by atoms with Crippen LogP contribution in [0.15, 0.2) is 46.9 Å². The quantitative estimate of drug-likeness (QED) is 0.859. The fraction of sp³-hybridized carbons (Fsp3) is 0.188. The van der Waals surface area contributed by atoms with Gasteiger partial charge in [-0.1, -0.05) is 51.8 Å². The number of rotatable bonds is 3. The van der Waals surface area contributed by atoms with E-state index >= 15 is 0 Å². The second-order valence-corrected chi connectivity index (χ2v) is 5.57. The molecule has 0 aromatic heterocycles. The third-order valence-corrected chi connectivity index (χ3v) is 3.80. The molecule has 2 aromatic carbocycles. The summed E-state index contributed by atoms with van der Waals surface area (Å²) in [5.74, 6) is 0. The maximum absolute atomic E-state index is 11.9. The van der Waals surface area contributed by atoms with Gasteiger partial charge in [0.25, 0.3) is 0 Å². The Labute approximate surface area is 127 Å². The smallest absolute Gasteiger partial charge is 0.319 e. The van der Waals surface area contributed by atoms with Crippen molar-refractivity contribution >= 4 is 27.6 Å². The molecule has 2 aromatic rings. The van der Waals surface area contributed by atoms with Gasteiger partial charge in [0.15, 0.2) is 0 Å². The van der Waals surface area contributed by atoms with E-state index in [1.807, 2.05) is 56.3 Å². The van der Waals surface area contributed by atoms with Crippen molar-refractivity contribution in [2.24, 2.45) is 0 Å². The van der Waals surface area contributed by atoms with Crippen molar-refractivity contribution in [3.05, 3.63) is 63.6 Å². The van der Waals surface area contributed by atoms with Crippen LogP contribution in [0.4, 0.5) is 10.5 Å². The summed E-state index contributed by atoms with van der Waals surface area (Å²) in [6, 6.07) is 13.6. The van der Waals surface area contributed by atoms with Gasteiger partial charge in [-0.05, 0) is 37.1 Å². The normalized spacial score (nSPS) is 10.2. The lowest BCUT2D eigenvalue weighted by Crippen LogP contribution is -2.28. The van der Waals surface area contributed by atoms with Crippen molar-refractivity contribution in [1.82, 2.24) is 5.32 Å². The van der Waals surface area contributed by atoms with Crippen LogP contribution < -0.4 is 10.6 Å². The van der Waals surface area contributed by atoms with Crippen LogP contribution in [-0.2, 0) is 6.54 Å². The molecule has 20 heavy (non-hydrogen) atoms. The summed E-state index contributed by atoms with van der Waals surface area (Å²) in [5.41, 5.74) is 4.12. The van der Waals surface area contributed by atoms with Crippen LogP contribution in [0.1, 0.15) is 16.7 Å². The Morgan fingerprint density at radius 1 is 1.15 bits per heavy atom. The lowest BCUT2D eigenvalue weighted by Gasteiger charge is -2.11. The van der Waals surface area contributed by atoms with Gasteiger partial charge in [0.1, 0.15) is 0 Å². The monoisotopic (exact) mass is 332 g/mol. The zero-order valence-corrected chi connectivity index (χ0v) is 13.1. The van der Waals surface area contributed by atoms with E-state index in [0.717, 1.165) is 21.3 Å². The van der Waals surface area contributed by atoms with Gasteiger partial charge in [0, 0.05) is 16.7 Å². The molecule has 0 aliphatic rings. The van der Waals surface area contributed by atoms with Gasteiger partial charge in [-0.2, -0.15) is 0 Å². The van der Waals surface area contributed by atoms with Crippen LogP contribution in [0.3, 0.4) is 0 Å². The number of nitrogens with one attached hydrogen (secondary N) is 2. The first-order chi connectivity index (χ1) is 9.56. The summed E-state index contributed by atoms with van der Waals surface area (Å²) in [4.78, 5) is 11.9. The van der Waals surface area contributed by atoms with E-state index in [4.69, 9.17) is 0 Å². The minimum Gasteiger partial charge on any atom is -0.334 e. The summed E-state index contributed by atoms with van der Waals surface area (Å²) >= 11 is 3.46. The summed E-state index contributed by atoms with van der Waals surface area (Å²) in [6.07, 6.45) is 0.